The maximum Gasteiger partial charge on any atom is 3.00 e. The smallest absolute Gasteiger partial charge is 0.499 e. The molecule has 12 aromatic rings. The predicted octanol–water partition coefficient (Wildman–Crippen LogP) is 13.5. The van der Waals surface area contributed by atoms with E-state index in [1.54, 1.807) is 18.6 Å². The van der Waals surface area contributed by atoms with Gasteiger partial charge in [-0.3, -0.25) is 4.98 Å². The number of nitrogens with zero attached hydrogens (tertiary/aromatic N) is 6. The molecule has 8 heteroatoms. The van der Waals surface area contributed by atoms with Crippen LogP contribution in [0.15, 0.2) is 181 Å². The maximum absolute atomic E-state index is 5.90. The Kier molecular flexibility index (Phi) is 11.6. The van der Waals surface area contributed by atoms with Gasteiger partial charge in [-0.2, -0.15) is 48.5 Å². The number of aromatic nitrogens is 6. The summed E-state index contributed by atoms with van der Waals surface area (Å²) in [5.74, 6) is 0. The van der Waals surface area contributed by atoms with Crippen LogP contribution in [-0.4, -0.2) is 29.1 Å². The molecule has 0 fully saturated rings. The number of hydrogen-bond acceptors (Lipinski definition) is 5. The molecule has 64 heavy (non-hydrogen) atoms. The van der Waals surface area contributed by atoms with Gasteiger partial charge < -0.3 is 18.5 Å². The van der Waals surface area contributed by atoms with Gasteiger partial charge in [0.05, 0.1) is 22.8 Å². The number of furan rings is 1. The molecule has 7 heterocycles. The zero-order valence-corrected chi connectivity index (χ0v) is 37.3. The Bertz CT molecular complexity index is 3360. The van der Waals surface area contributed by atoms with Crippen LogP contribution in [0.3, 0.4) is 0 Å². The van der Waals surface area contributed by atoms with Gasteiger partial charge in [-0.1, -0.05) is 83.7 Å². The minimum Gasteiger partial charge on any atom is -0.499 e. The van der Waals surface area contributed by atoms with Crippen molar-refractivity contribution in [3.8, 4) is 22.6 Å². The summed E-state index contributed by atoms with van der Waals surface area (Å²) in [6.45, 7) is 0. The van der Waals surface area contributed by atoms with Gasteiger partial charge in [0.15, 0.2) is 0 Å². The van der Waals surface area contributed by atoms with Crippen LogP contribution in [0.5, 0.6) is 0 Å². The molecule has 0 atom stereocenters. The third-order valence-corrected chi connectivity index (χ3v) is 11.8. The fourth-order valence-corrected chi connectivity index (χ4v) is 8.89. The van der Waals surface area contributed by atoms with Gasteiger partial charge in [-0.25, -0.2) is 9.97 Å². The van der Waals surface area contributed by atoms with Crippen molar-refractivity contribution in [2.24, 2.45) is 0 Å². The van der Waals surface area contributed by atoms with E-state index in [2.05, 4.69) is 135 Å². The number of pyridine rings is 4. The van der Waals surface area contributed by atoms with Crippen LogP contribution in [0.25, 0.3) is 88.4 Å². The Morgan fingerprint density at radius 3 is 1.64 bits per heavy atom. The van der Waals surface area contributed by atoms with Gasteiger partial charge in [-0.15, -0.1) is 30.3 Å². The van der Waals surface area contributed by atoms with Crippen LogP contribution < -0.4 is 0 Å². The second kappa shape index (κ2) is 18.2. The molecule has 310 valence electrons. The minimum atomic E-state index is 0. The van der Waals surface area contributed by atoms with Gasteiger partial charge in [0.2, 0.25) is 0 Å². The summed E-state index contributed by atoms with van der Waals surface area (Å²) >= 11 is 0. The number of fused-ring (bicyclic) bond motifs is 9. The number of rotatable bonds is 10. The molecule has 12 rings (SSSR count). The van der Waals surface area contributed by atoms with Crippen molar-refractivity contribution in [2.75, 3.05) is 0 Å². The summed E-state index contributed by atoms with van der Waals surface area (Å²) < 4.78 is 10.3. The van der Waals surface area contributed by atoms with Gasteiger partial charge in [0.1, 0.15) is 16.9 Å². The van der Waals surface area contributed by atoms with E-state index < -0.39 is 0 Å². The Hall–Kier alpha value is -7.25. The van der Waals surface area contributed by atoms with Gasteiger partial charge in [0.25, 0.3) is 0 Å². The van der Waals surface area contributed by atoms with Crippen molar-refractivity contribution in [3.05, 3.63) is 206 Å². The number of benzene rings is 5. The molecule has 7 aromatic heterocycles. The average Bonchev–Trinajstić information content (AvgIpc) is 4.01. The van der Waals surface area contributed by atoms with Crippen LogP contribution >= 0.6 is 0 Å². The maximum atomic E-state index is 5.90. The Labute approximate surface area is 384 Å². The van der Waals surface area contributed by atoms with Crippen LogP contribution in [0.1, 0.15) is 36.8 Å². The molecule has 0 saturated heterocycles. The van der Waals surface area contributed by atoms with E-state index in [1.807, 2.05) is 60.7 Å². The predicted molar refractivity (Wildman–Crippen MR) is 254 cm³/mol. The first-order valence-corrected chi connectivity index (χ1v) is 21.6. The normalized spacial score (nSPS) is 11.4. The number of hydrogen-bond donors (Lipinski definition) is 0. The van der Waals surface area contributed by atoms with Crippen LogP contribution in [0.4, 0.5) is 0 Å². The number of aryl methyl sites for hydroxylation is 2. The Balaban J connectivity index is 0.000000202. The van der Waals surface area contributed by atoms with E-state index in [0.717, 1.165) is 81.5 Å². The molecule has 0 radical (unpaired) electrons. The minimum absolute atomic E-state index is 0. The molecular formula is C56H41IrN6O. The molecule has 0 amide bonds. The molecule has 7 nitrogen and oxygen atoms in total. The number of para-hydroxylation sites is 4. The van der Waals surface area contributed by atoms with E-state index in [0.29, 0.717) is 0 Å². The van der Waals surface area contributed by atoms with Crippen molar-refractivity contribution < 1.29 is 24.5 Å². The zero-order valence-electron chi connectivity index (χ0n) is 34.9. The summed E-state index contributed by atoms with van der Waals surface area (Å²) in [4.78, 5) is 18.4. The van der Waals surface area contributed by atoms with E-state index in [9.17, 15) is 0 Å². The fraction of sp³-hybridized carbons (Fsp3) is 0.107. The molecule has 0 unspecified atom stereocenters. The first-order valence-electron chi connectivity index (χ1n) is 21.6. The van der Waals surface area contributed by atoms with E-state index in [-0.39, 0.29) is 20.1 Å². The largest absolute Gasteiger partial charge is 3.00 e. The van der Waals surface area contributed by atoms with E-state index in [4.69, 9.17) is 14.4 Å². The van der Waals surface area contributed by atoms with Crippen LogP contribution in [0.2, 0.25) is 0 Å². The Morgan fingerprint density at radius 1 is 0.469 bits per heavy atom. The third-order valence-electron chi connectivity index (χ3n) is 11.8. The van der Waals surface area contributed by atoms with Crippen molar-refractivity contribution in [3.63, 3.8) is 0 Å². The second-order valence-corrected chi connectivity index (χ2v) is 15.8. The molecular weight excluding hydrogens is 965 g/mol. The molecule has 5 aromatic carbocycles. The van der Waals surface area contributed by atoms with Crippen LogP contribution in [0, 0.1) is 18.2 Å². The average molecular weight is 1010 g/mol. The monoisotopic (exact) mass is 1010 g/mol. The quantitative estimate of drug-likeness (QED) is 0.101. The second-order valence-electron chi connectivity index (χ2n) is 15.8. The first kappa shape index (κ1) is 40.8. The summed E-state index contributed by atoms with van der Waals surface area (Å²) in [5.41, 5.74) is 12.3. The summed E-state index contributed by atoms with van der Waals surface area (Å²) in [6.07, 6.45) is 16.2. The van der Waals surface area contributed by atoms with Gasteiger partial charge in [-0.05, 0) is 78.9 Å². The third kappa shape index (κ3) is 7.76. The Morgan fingerprint density at radius 2 is 1.06 bits per heavy atom. The standard InChI is InChI=1S/C40H32N4.C16H9N2O.Ir/c1(5-15-29-25-35-33-21-11-13-23-37(33)43(39(35)41-27-29)31-17-7-3-8-18-31)2-6-16-30-26-36-34-22-12-14-24-38(34)44(40(36)42-28-30)32-19-9-4-10-20-32;1-2-8-18-14(6-1)13-5-3-4-12-11-7-9-17-10-15(11)19-16(12)13;/h3-4,7-14,17,19,21-28H,1-2,5-6,15-16H2;1-4,6-10H;/q-2;-1;+3. The summed E-state index contributed by atoms with van der Waals surface area (Å²) in [7, 11) is 0. The SMILES string of the molecule is [Ir+3].[c-]1ccc2c(oc3cnccc32)c1-c1ccccn1.[c-]1ccccc1-n1c2ccccc2c2cc(CCCCCCc3cnc4c(c3)c3ccccc3n4-c3[c-]cccc3)cnc21. The van der Waals surface area contributed by atoms with E-state index >= 15 is 0 Å². The summed E-state index contributed by atoms with van der Waals surface area (Å²) in [5, 5.41) is 7.04. The molecule has 0 aliphatic heterocycles. The fourth-order valence-electron chi connectivity index (χ4n) is 8.89. The van der Waals surface area contributed by atoms with Crippen LogP contribution in [-0.2, 0) is 32.9 Å². The topological polar surface area (TPSA) is 74.6 Å². The number of unbranched alkanes of at least 4 members (excludes halogenated alkanes) is 3. The van der Waals surface area contributed by atoms with Crippen molar-refractivity contribution in [1.29, 1.82) is 0 Å². The van der Waals surface area contributed by atoms with Crippen molar-refractivity contribution in [2.45, 2.75) is 38.5 Å². The molecule has 0 aliphatic carbocycles. The summed E-state index contributed by atoms with van der Waals surface area (Å²) in [6, 6.07) is 59.7. The van der Waals surface area contributed by atoms with Gasteiger partial charge >= 0.3 is 20.1 Å². The van der Waals surface area contributed by atoms with Crippen molar-refractivity contribution in [1.82, 2.24) is 29.1 Å². The molecule has 0 bridgehead atoms. The van der Waals surface area contributed by atoms with E-state index in [1.165, 1.54) is 56.5 Å². The van der Waals surface area contributed by atoms with Crippen molar-refractivity contribution >= 4 is 65.8 Å². The molecule has 0 aliphatic rings. The first-order chi connectivity index (χ1) is 31.3. The zero-order chi connectivity index (χ0) is 42.0. The molecule has 0 spiro atoms. The molecule has 0 N–H and O–H groups in total. The molecule has 0 saturated carbocycles. The van der Waals surface area contributed by atoms with Gasteiger partial charge in [0, 0.05) is 51.7 Å².